The van der Waals surface area contributed by atoms with Gasteiger partial charge in [-0.25, -0.2) is 18.4 Å². The molecule has 1 atom stereocenters. The van der Waals surface area contributed by atoms with Crippen LogP contribution in [0.3, 0.4) is 0 Å². The number of hydrogen-bond acceptors (Lipinski definition) is 5. The van der Waals surface area contributed by atoms with E-state index in [4.69, 9.17) is 21.5 Å². The fraction of sp³-hybridized carbons (Fsp3) is 0.176. The largest absolute Gasteiger partial charge is 0.449 e. The van der Waals surface area contributed by atoms with E-state index in [1.54, 1.807) is 12.1 Å². The van der Waals surface area contributed by atoms with Crippen molar-refractivity contribution in [2.75, 3.05) is 5.32 Å². The fourth-order valence-electron chi connectivity index (χ4n) is 2.08. The highest BCUT2D eigenvalue weighted by Crippen LogP contribution is 2.22. The van der Waals surface area contributed by atoms with Crippen LogP contribution >= 0.6 is 11.6 Å². The van der Waals surface area contributed by atoms with Gasteiger partial charge in [0, 0.05) is 5.69 Å². The first-order valence-electron chi connectivity index (χ1n) is 7.49. The van der Waals surface area contributed by atoms with E-state index in [2.05, 4.69) is 5.32 Å². The molecule has 3 N–H and O–H groups in total. The average Bonchev–Trinajstić information content (AvgIpc) is 2.56. The second kappa shape index (κ2) is 7.86. The molecule has 0 aliphatic heterocycles. The third-order valence-corrected chi connectivity index (χ3v) is 4.92. The zero-order chi connectivity index (χ0) is 19.5. The fourth-order valence-corrected chi connectivity index (χ4v) is 3.15. The predicted octanol–water partition coefficient (Wildman–Crippen LogP) is 2.48. The van der Waals surface area contributed by atoms with Crippen LogP contribution in [0.25, 0.3) is 0 Å². The number of nitrogens with two attached hydrogens (primary N) is 1. The Balaban J connectivity index is 2.12. The van der Waals surface area contributed by atoms with Crippen molar-refractivity contribution >= 4 is 39.2 Å². The molecule has 1 unspecified atom stereocenters. The van der Waals surface area contributed by atoms with Gasteiger partial charge in [-0.05, 0) is 43.7 Å². The van der Waals surface area contributed by atoms with Gasteiger partial charge in [0.2, 0.25) is 10.0 Å². The minimum atomic E-state index is -4.10. The standard InChI is InChI=1S/C17H17ClN2O5S/c1-10-5-3-4-6-14(10)20-16(21)11(2)25-17(22)12-7-8-13(18)15(9-12)26(19,23)24/h3-9,11H,1-2H3,(H,20,21)(H2,19,23,24). The van der Waals surface area contributed by atoms with Crippen molar-refractivity contribution in [2.45, 2.75) is 24.8 Å². The van der Waals surface area contributed by atoms with E-state index in [0.29, 0.717) is 5.69 Å². The van der Waals surface area contributed by atoms with Crippen LogP contribution in [0.2, 0.25) is 5.02 Å². The molecule has 2 aromatic rings. The summed E-state index contributed by atoms with van der Waals surface area (Å²) in [5.41, 5.74) is 1.37. The molecule has 2 aromatic carbocycles. The normalized spacial score (nSPS) is 12.3. The lowest BCUT2D eigenvalue weighted by Gasteiger charge is -2.15. The number of nitrogens with one attached hydrogen (secondary N) is 1. The summed E-state index contributed by atoms with van der Waals surface area (Å²) in [6.45, 7) is 3.23. The highest BCUT2D eigenvalue weighted by molar-refractivity contribution is 7.89. The smallest absolute Gasteiger partial charge is 0.338 e. The van der Waals surface area contributed by atoms with E-state index >= 15 is 0 Å². The maximum Gasteiger partial charge on any atom is 0.338 e. The number of primary sulfonamides is 1. The summed E-state index contributed by atoms with van der Waals surface area (Å²) in [6, 6.07) is 10.7. The second-order valence-electron chi connectivity index (χ2n) is 5.54. The van der Waals surface area contributed by atoms with E-state index in [-0.39, 0.29) is 10.6 Å². The molecule has 0 fully saturated rings. The number of carbonyl (C=O) groups excluding carboxylic acids is 2. The molecule has 0 aliphatic rings. The third-order valence-electron chi connectivity index (χ3n) is 3.53. The molecule has 2 rings (SSSR count). The monoisotopic (exact) mass is 396 g/mol. The lowest BCUT2D eigenvalue weighted by molar-refractivity contribution is -0.123. The lowest BCUT2D eigenvalue weighted by atomic mass is 10.2. The van der Waals surface area contributed by atoms with Crippen molar-refractivity contribution in [1.82, 2.24) is 0 Å². The molecule has 0 aliphatic carbocycles. The number of sulfonamides is 1. The molecule has 26 heavy (non-hydrogen) atoms. The Morgan fingerprint density at radius 3 is 2.46 bits per heavy atom. The Morgan fingerprint density at radius 2 is 1.85 bits per heavy atom. The van der Waals surface area contributed by atoms with Crippen molar-refractivity contribution in [3.05, 3.63) is 58.6 Å². The summed E-state index contributed by atoms with van der Waals surface area (Å²) in [4.78, 5) is 24.0. The van der Waals surface area contributed by atoms with E-state index < -0.39 is 32.9 Å². The maximum atomic E-state index is 12.2. The molecule has 0 bridgehead atoms. The quantitative estimate of drug-likeness (QED) is 0.753. The number of carbonyl (C=O) groups is 2. The van der Waals surface area contributed by atoms with Crippen molar-refractivity contribution in [2.24, 2.45) is 5.14 Å². The lowest BCUT2D eigenvalue weighted by Crippen LogP contribution is -2.30. The number of ether oxygens (including phenoxy) is 1. The summed E-state index contributed by atoms with van der Waals surface area (Å²) in [5, 5.41) is 7.59. The van der Waals surface area contributed by atoms with Crippen LogP contribution in [0.5, 0.6) is 0 Å². The summed E-state index contributed by atoms with van der Waals surface area (Å²) < 4.78 is 28.0. The first-order chi connectivity index (χ1) is 12.1. The minimum Gasteiger partial charge on any atom is -0.449 e. The van der Waals surface area contributed by atoms with Gasteiger partial charge in [-0.2, -0.15) is 0 Å². The van der Waals surface area contributed by atoms with Crippen LogP contribution < -0.4 is 10.5 Å². The summed E-state index contributed by atoms with van der Waals surface area (Å²) in [7, 11) is -4.10. The molecule has 0 radical (unpaired) electrons. The Bertz CT molecular complexity index is 959. The van der Waals surface area contributed by atoms with Crippen molar-refractivity contribution < 1.29 is 22.7 Å². The minimum absolute atomic E-state index is 0.0889. The van der Waals surface area contributed by atoms with Crippen LogP contribution in [0.1, 0.15) is 22.8 Å². The van der Waals surface area contributed by atoms with E-state index in [1.807, 2.05) is 19.1 Å². The predicted molar refractivity (Wildman–Crippen MR) is 97.5 cm³/mol. The van der Waals surface area contributed by atoms with Crippen LogP contribution in [0.15, 0.2) is 47.4 Å². The molecule has 0 saturated carbocycles. The Morgan fingerprint density at radius 1 is 1.19 bits per heavy atom. The number of benzene rings is 2. The Labute approximate surface area is 156 Å². The molecule has 0 aromatic heterocycles. The first-order valence-corrected chi connectivity index (χ1v) is 9.42. The number of para-hydroxylation sites is 1. The third kappa shape index (κ3) is 4.81. The van der Waals surface area contributed by atoms with E-state index in [0.717, 1.165) is 11.6 Å². The van der Waals surface area contributed by atoms with Gasteiger partial charge in [-0.3, -0.25) is 4.79 Å². The number of anilines is 1. The first kappa shape index (κ1) is 19.9. The van der Waals surface area contributed by atoms with Gasteiger partial charge < -0.3 is 10.1 Å². The van der Waals surface area contributed by atoms with Crippen molar-refractivity contribution in [3.63, 3.8) is 0 Å². The molecule has 138 valence electrons. The maximum absolute atomic E-state index is 12.2. The van der Waals surface area contributed by atoms with Gasteiger partial charge in [-0.1, -0.05) is 29.8 Å². The van der Waals surface area contributed by atoms with Crippen LogP contribution in [0.4, 0.5) is 5.69 Å². The average molecular weight is 397 g/mol. The highest BCUT2D eigenvalue weighted by atomic mass is 35.5. The van der Waals surface area contributed by atoms with Gasteiger partial charge in [0.15, 0.2) is 6.10 Å². The number of halogens is 1. The zero-order valence-electron chi connectivity index (χ0n) is 14.0. The van der Waals surface area contributed by atoms with Crippen molar-refractivity contribution in [1.29, 1.82) is 0 Å². The van der Waals surface area contributed by atoms with Crippen LogP contribution in [-0.4, -0.2) is 26.4 Å². The van der Waals surface area contributed by atoms with Crippen molar-refractivity contribution in [3.8, 4) is 0 Å². The van der Waals surface area contributed by atoms with Crippen LogP contribution in [0, 0.1) is 6.92 Å². The Kier molecular flexibility index (Phi) is 6.01. The summed E-state index contributed by atoms with van der Waals surface area (Å²) >= 11 is 5.77. The molecule has 0 heterocycles. The number of hydrogen-bond donors (Lipinski definition) is 2. The molecular weight excluding hydrogens is 380 g/mol. The van der Waals surface area contributed by atoms with Gasteiger partial charge in [0.25, 0.3) is 5.91 Å². The number of esters is 1. The van der Waals surface area contributed by atoms with E-state index in [9.17, 15) is 18.0 Å². The molecule has 1 amide bonds. The SMILES string of the molecule is Cc1ccccc1NC(=O)C(C)OC(=O)c1ccc(Cl)c(S(N)(=O)=O)c1. The molecule has 7 nitrogen and oxygen atoms in total. The number of rotatable bonds is 5. The van der Waals surface area contributed by atoms with Crippen LogP contribution in [-0.2, 0) is 19.6 Å². The van der Waals surface area contributed by atoms with Gasteiger partial charge in [-0.15, -0.1) is 0 Å². The molecular formula is C17H17ClN2O5S. The topological polar surface area (TPSA) is 116 Å². The van der Waals surface area contributed by atoms with Gasteiger partial charge in [0.05, 0.1) is 10.6 Å². The number of amides is 1. The van der Waals surface area contributed by atoms with Gasteiger partial charge in [0.1, 0.15) is 4.90 Å². The van der Waals surface area contributed by atoms with E-state index in [1.165, 1.54) is 19.1 Å². The number of aryl methyl sites for hydroxylation is 1. The molecule has 9 heteroatoms. The highest BCUT2D eigenvalue weighted by Gasteiger charge is 2.22. The van der Waals surface area contributed by atoms with Gasteiger partial charge >= 0.3 is 5.97 Å². The summed E-state index contributed by atoms with van der Waals surface area (Å²) in [5.74, 6) is -1.40. The second-order valence-corrected chi connectivity index (χ2v) is 7.48. The Hall–Kier alpha value is -2.42. The zero-order valence-corrected chi connectivity index (χ0v) is 15.6. The summed E-state index contributed by atoms with van der Waals surface area (Å²) in [6.07, 6.45) is -1.10. The molecule has 0 spiro atoms. The molecule has 0 saturated heterocycles.